The van der Waals surface area contributed by atoms with E-state index in [2.05, 4.69) is 41.0 Å². The third kappa shape index (κ3) is 2.34. The van der Waals surface area contributed by atoms with Crippen LogP contribution in [0.3, 0.4) is 0 Å². The summed E-state index contributed by atoms with van der Waals surface area (Å²) in [5.41, 5.74) is 1.49. The molecular formula is C17H16BrN7O. The third-order valence-corrected chi connectivity index (χ3v) is 5.30. The fourth-order valence-electron chi connectivity index (χ4n) is 3.57. The number of aromatic nitrogens is 6. The molecule has 0 aliphatic carbocycles. The SMILES string of the molecule is O=c1c2cc(Br)ccc2n2c(N3CCCC3)nnc2n1Cc1c[nH]cn1. The number of H-pyrrole nitrogens is 1. The molecule has 1 fully saturated rings. The van der Waals surface area contributed by atoms with Crippen LogP contribution in [-0.2, 0) is 6.54 Å². The number of rotatable bonds is 3. The van der Waals surface area contributed by atoms with Gasteiger partial charge in [-0.3, -0.25) is 9.36 Å². The van der Waals surface area contributed by atoms with E-state index in [1.807, 2.05) is 22.6 Å². The Morgan fingerprint density at radius 3 is 2.81 bits per heavy atom. The maximum Gasteiger partial charge on any atom is 0.263 e. The summed E-state index contributed by atoms with van der Waals surface area (Å²) in [4.78, 5) is 22.6. The molecule has 0 radical (unpaired) electrons. The van der Waals surface area contributed by atoms with Crippen LogP contribution >= 0.6 is 15.9 Å². The van der Waals surface area contributed by atoms with Crippen LogP contribution in [-0.4, -0.2) is 42.2 Å². The lowest BCUT2D eigenvalue weighted by molar-refractivity contribution is 0.750. The van der Waals surface area contributed by atoms with Crippen molar-refractivity contribution in [1.29, 1.82) is 0 Å². The average molecular weight is 414 g/mol. The summed E-state index contributed by atoms with van der Waals surface area (Å²) >= 11 is 3.47. The lowest BCUT2D eigenvalue weighted by atomic mass is 10.2. The molecule has 1 aromatic carbocycles. The van der Waals surface area contributed by atoms with Gasteiger partial charge in [-0.1, -0.05) is 15.9 Å². The van der Waals surface area contributed by atoms with E-state index in [1.165, 1.54) is 0 Å². The third-order valence-electron chi connectivity index (χ3n) is 4.81. The van der Waals surface area contributed by atoms with Crippen molar-refractivity contribution in [3.8, 4) is 0 Å². The van der Waals surface area contributed by atoms with Crippen LogP contribution in [0.2, 0.25) is 0 Å². The van der Waals surface area contributed by atoms with Gasteiger partial charge in [0.1, 0.15) is 0 Å². The standard InChI is InChI=1S/C17H16BrN7O/c18-11-3-4-14-13(7-11)15(26)24(9-12-8-19-10-20-12)17-22-21-16(25(14)17)23-5-1-2-6-23/h3-4,7-8,10H,1-2,5-6,9H2,(H,19,20). The highest BCUT2D eigenvalue weighted by Crippen LogP contribution is 2.25. The molecule has 9 heteroatoms. The molecular weight excluding hydrogens is 398 g/mol. The van der Waals surface area contributed by atoms with E-state index in [1.54, 1.807) is 17.1 Å². The van der Waals surface area contributed by atoms with E-state index in [9.17, 15) is 4.79 Å². The van der Waals surface area contributed by atoms with Crippen LogP contribution in [0.4, 0.5) is 5.95 Å². The van der Waals surface area contributed by atoms with Gasteiger partial charge in [-0.25, -0.2) is 9.38 Å². The molecule has 4 heterocycles. The Balaban J connectivity index is 1.84. The lowest BCUT2D eigenvalue weighted by Crippen LogP contribution is -2.26. The largest absolute Gasteiger partial charge is 0.351 e. The van der Waals surface area contributed by atoms with Crippen molar-refractivity contribution < 1.29 is 0 Å². The van der Waals surface area contributed by atoms with Crippen LogP contribution in [0.15, 0.2) is 40.0 Å². The molecule has 1 aliphatic rings. The molecule has 0 spiro atoms. The molecule has 1 saturated heterocycles. The summed E-state index contributed by atoms with van der Waals surface area (Å²) in [7, 11) is 0. The zero-order valence-corrected chi connectivity index (χ0v) is 15.5. The first-order valence-corrected chi connectivity index (χ1v) is 9.31. The Morgan fingerprint density at radius 1 is 1.19 bits per heavy atom. The normalized spacial score (nSPS) is 14.7. The average Bonchev–Trinajstić information content (AvgIpc) is 3.38. The van der Waals surface area contributed by atoms with Gasteiger partial charge in [0.05, 0.1) is 29.5 Å². The van der Waals surface area contributed by atoms with Crippen molar-refractivity contribution in [1.82, 2.24) is 29.1 Å². The first-order chi connectivity index (χ1) is 12.7. The topological polar surface area (TPSA) is 84.1 Å². The van der Waals surface area contributed by atoms with Gasteiger partial charge in [-0.05, 0) is 31.0 Å². The molecule has 26 heavy (non-hydrogen) atoms. The number of hydrogen-bond donors (Lipinski definition) is 1. The van der Waals surface area contributed by atoms with E-state index in [0.717, 1.165) is 47.6 Å². The summed E-state index contributed by atoms with van der Waals surface area (Å²) in [5, 5.41) is 9.41. The predicted molar refractivity (Wildman–Crippen MR) is 102 cm³/mol. The van der Waals surface area contributed by atoms with Crippen LogP contribution in [0, 0.1) is 0 Å². The summed E-state index contributed by atoms with van der Waals surface area (Å²) in [5.74, 6) is 1.33. The van der Waals surface area contributed by atoms with E-state index < -0.39 is 0 Å². The predicted octanol–water partition coefficient (Wildman–Crippen LogP) is 2.18. The number of nitrogens with zero attached hydrogens (tertiary/aromatic N) is 6. The van der Waals surface area contributed by atoms with Crippen molar-refractivity contribution in [3.63, 3.8) is 0 Å². The molecule has 4 aromatic rings. The van der Waals surface area contributed by atoms with Crippen LogP contribution < -0.4 is 10.5 Å². The van der Waals surface area contributed by atoms with Crippen molar-refractivity contribution in [3.05, 3.63) is 51.2 Å². The van der Waals surface area contributed by atoms with Crippen molar-refractivity contribution in [2.75, 3.05) is 18.0 Å². The van der Waals surface area contributed by atoms with E-state index in [0.29, 0.717) is 17.7 Å². The van der Waals surface area contributed by atoms with Gasteiger partial charge in [0.25, 0.3) is 5.56 Å². The lowest BCUT2D eigenvalue weighted by Gasteiger charge is -2.16. The van der Waals surface area contributed by atoms with Crippen LogP contribution in [0.1, 0.15) is 18.5 Å². The van der Waals surface area contributed by atoms with Gasteiger partial charge >= 0.3 is 0 Å². The van der Waals surface area contributed by atoms with Gasteiger partial charge in [-0.2, -0.15) is 0 Å². The first-order valence-electron chi connectivity index (χ1n) is 8.52. The first kappa shape index (κ1) is 15.6. The summed E-state index contributed by atoms with van der Waals surface area (Å²) in [6.45, 7) is 2.25. The fraction of sp³-hybridized carbons (Fsp3) is 0.294. The summed E-state index contributed by atoms with van der Waals surface area (Å²) < 4.78 is 4.49. The number of aromatic amines is 1. The fourth-order valence-corrected chi connectivity index (χ4v) is 3.93. The Hall–Kier alpha value is -2.68. The Labute approximate surface area is 156 Å². The van der Waals surface area contributed by atoms with Gasteiger partial charge < -0.3 is 9.88 Å². The number of benzene rings is 1. The molecule has 1 N–H and O–H groups in total. The minimum atomic E-state index is -0.0998. The van der Waals surface area contributed by atoms with Crippen molar-refractivity contribution >= 4 is 38.6 Å². The molecule has 0 saturated carbocycles. The highest BCUT2D eigenvalue weighted by atomic mass is 79.9. The molecule has 0 atom stereocenters. The quantitative estimate of drug-likeness (QED) is 0.556. The molecule has 3 aromatic heterocycles. The second-order valence-corrected chi connectivity index (χ2v) is 7.36. The van der Waals surface area contributed by atoms with Gasteiger partial charge in [0.15, 0.2) is 0 Å². The molecule has 5 rings (SSSR count). The van der Waals surface area contributed by atoms with E-state index >= 15 is 0 Å². The highest BCUT2D eigenvalue weighted by molar-refractivity contribution is 9.10. The van der Waals surface area contributed by atoms with Gasteiger partial charge in [0, 0.05) is 23.8 Å². The molecule has 0 bridgehead atoms. The maximum atomic E-state index is 13.2. The number of halogens is 1. The Bertz CT molecular complexity index is 1160. The molecule has 8 nitrogen and oxygen atoms in total. The second-order valence-electron chi connectivity index (χ2n) is 6.44. The van der Waals surface area contributed by atoms with Crippen LogP contribution in [0.25, 0.3) is 16.7 Å². The molecule has 0 unspecified atom stereocenters. The zero-order valence-electron chi connectivity index (χ0n) is 13.9. The number of fused-ring (bicyclic) bond motifs is 3. The number of imidazole rings is 1. The minimum absolute atomic E-state index is 0.0998. The van der Waals surface area contributed by atoms with Crippen molar-refractivity contribution in [2.45, 2.75) is 19.4 Å². The van der Waals surface area contributed by atoms with E-state index in [-0.39, 0.29) is 5.56 Å². The maximum absolute atomic E-state index is 13.2. The smallest absolute Gasteiger partial charge is 0.263 e. The minimum Gasteiger partial charge on any atom is -0.351 e. The highest BCUT2D eigenvalue weighted by Gasteiger charge is 2.22. The van der Waals surface area contributed by atoms with Crippen molar-refractivity contribution in [2.24, 2.45) is 0 Å². The Kier molecular flexibility index (Phi) is 3.56. The van der Waals surface area contributed by atoms with Gasteiger partial charge in [-0.15, -0.1) is 10.2 Å². The summed E-state index contributed by atoms with van der Waals surface area (Å²) in [6.07, 6.45) is 5.68. The van der Waals surface area contributed by atoms with Crippen LogP contribution in [0.5, 0.6) is 0 Å². The van der Waals surface area contributed by atoms with E-state index in [4.69, 9.17) is 0 Å². The van der Waals surface area contributed by atoms with Gasteiger partial charge in [0.2, 0.25) is 11.7 Å². The zero-order chi connectivity index (χ0) is 17.7. The molecule has 132 valence electrons. The Morgan fingerprint density at radius 2 is 2.04 bits per heavy atom. The number of nitrogens with one attached hydrogen (secondary N) is 1. The summed E-state index contributed by atoms with van der Waals surface area (Å²) in [6, 6.07) is 5.73. The molecule has 0 amide bonds. The molecule has 1 aliphatic heterocycles. The second kappa shape index (κ2) is 5.94. The number of anilines is 1. The monoisotopic (exact) mass is 413 g/mol. The number of hydrogen-bond acceptors (Lipinski definition) is 5.